The summed E-state index contributed by atoms with van der Waals surface area (Å²) in [6.45, 7) is -0.0982. The Morgan fingerprint density at radius 1 is 1.40 bits per heavy atom. The molecule has 0 radical (unpaired) electrons. The first-order valence-electron chi connectivity index (χ1n) is 7.26. The number of rotatable bonds is 3. The number of nitrogens with zero attached hydrogens (tertiary/aromatic N) is 4. The maximum absolute atomic E-state index is 13.1. The van der Waals surface area contributed by atoms with Gasteiger partial charge >= 0.3 is 17.8 Å². The van der Waals surface area contributed by atoms with Crippen LogP contribution in [0.1, 0.15) is 24.0 Å². The van der Waals surface area contributed by atoms with Crippen molar-refractivity contribution in [2.75, 3.05) is 0 Å². The maximum Gasteiger partial charge on any atom is 0.394 e. The molecule has 11 heteroatoms. The third-order valence-electron chi connectivity index (χ3n) is 4.05. The number of aryl methyl sites for hydroxylation is 1. The van der Waals surface area contributed by atoms with Crippen LogP contribution in [0.3, 0.4) is 0 Å². The molecular formula is C14H12ClF3N4O3. The fourth-order valence-corrected chi connectivity index (χ4v) is 3.03. The van der Waals surface area contributed by atoms with Crippen molar-refractivity contribution >= 4 is 17.6 Å². The Morgan fingerprint density at radius 3 is 2.68 bits per heavy atom. The predicted octanol–water partition coefficient (Wildman–Crippen LogP) is 1.89. The standard InChI is InChI=1S/C14H12ClF3N4O3/c15-7-1-2-8(19-5-7)6-21-13(25)22-10(20-21)4-3-9(14(16,17)18)11(22)12(23)24/h1-2,5,9,11H,3-4,6H2,(H,23,24). The molecule has 1 aliphatic heterocycles. The Bertz CT molecular complexity index is 860. The highest BCUT2D eigenvalue weighted by atomic mass is 35.5. The van der Waals surface area contributed by atoms with Gasteiger partial charge < -0.3 is 5.11 Å². The predicted molar refractivity (Wildman–Crippen MR) is 79.4 cm³/mol. The van der Waals surface area contributed by atoms with E-state index in [1.54, 1.807) is 12.1 Å². The van der Waals surface area contributed by atoms with Crippen LogP contribution in [0, 0.1) is 5.92 Å². The molecule has 1 aliphatic rings. The van der Waals surface area contributed by atoms with Crippen molar-refractivity contribution in [2.24, 2.45) is 5.92 Å². The molecule has 134 valence electrons. The van der Waals surface area contributed by atoms with Crippen molar-refractivity contribution in [1.82, 2.24) is 19.3 Å². The lowest BCUT2D eigenvalue weighted by atomic mass is 9.90. The lowest BCUT2D eigenvalue weighted by molar-refractivity contribution is -0.198. The topological polar surface area (TPSA) is 90.0 Å². The van der Waals surface area contributed by atoms with Crippen LogP contribution in [-0.4, -0.2) is 36.6 Å². The molecule has 0 bridgehead atoms. The summed E-state index contributed by atoms with van der Waals surface area (Å²) in [6, 6.07) is 1.06. The molecule has 0 aliphatic carbocycles. The van der Waals surface area contributed by atoms with Crippen LogP contribution in [0.25, 0.3) is 0 Å². The van der Waals surface area contributed by atoms with E-state index >= 15 is 0 Å². The molecular weight excluding hydrogens is 365 g/mol. The molecule has 2 aromatic heterocycles. The molecule has 7 nitrogen and oxygen atoms in total. The molecule has 0 saturated heterocycles. The van der Waals surface area contributed by atoms with E-state index in [2.05, 4.69) is 10.1 Å². The Kier molecular flexibility index (Phi) is 4.31. The van der Waals surface area contributed by atoms with Gasteiger partial charge in [-0.2, -0.15) is 18.3 Å². The molecule has 2 atom stereocenters. The van der Waals surface area contributed by atoms with Crippen LogP contribution in [0.5, 0.6) is 0 Å². The zero-order chi connectivity index (χ0) is 18.4. The van der Waals surface area contributed by atoms with Gasteiger partial charge in [-0.3, -0.25) is 9.55 Å². The minimum Gasteiger partial charge on any atom is -0.480 e. The molecule has 0 saturated carbocycles. The minimum atomic E-state index is -4.72. The monoisotopic (exact) mass is 376 g/mol. The Balaban J connectivity index is 2.01. The first-order valence-corrected chi connectivity index (χ1v) is 7.64. The van der Waals surface area contributed by atoms with E-state index in [0.29, 0.717) is 15.3 Å². The second kappa shape index (κ2) is 6.17. The second-order valence-electron chi connectivity index (χ2n) is 5.66. The maximum atomic E-state index is 13.1. The van der Waals surface area contributed by atoms with E-state index < -0.39 is 36.2 Å². The highest BCUT2D eigenvalue weighted by molar-refractivity contribution is 6.30. The Labute approximate surface area is 143 Å². The zero-order valence-corrected chi connectivity index (χ0v) is 13.3. The summed E-state index contributed by atoms with van der Waals surface area (Å²) in [5.74, 6) is -3.83. The van der Waals surface area contributed by atoms with Crippen molar-refractivity contribution in [3.05, 3.63) is 45.4 Å². The van der Waals surface area contributed by atoms with Gasteiger partial charge in [0.1, 0.15) is 11.9 Å². The van der Waals surface area contributed by atoms with E-state index in [4.69, 9.17) is 11.6 Å². The van der Waals surface area contributed by atoms with Crippen LogP contribution in [-0.2, 0) is 17.8 Å². The second-order valence-corrected chi connectivity index (χ2v) is 6.10. The average Bonchev–Trinajstić information content (AvgIpc) is 2.84. The third-order valence-corrected chi connectivity index (χ3v) is 4.28. The van der Waals surface area contributed by atoms with Crippen molar-refractivity contribution in [2.45, 2.75) is 31.6 Å². The van der Waals surface area contributed by atoms with Gasteiger partial charge in [0.2, 0.25) is 0 Å². The van der Waals surface area contributed by atoms with Gasteiger partial charge in [-0.25, -0.2) is 14.3 Å². The summed E-state index contributed by atoms with van der Waals surface area (Å²) in [5.41, 5.74) is -0.491. The van der Waals surface area contributed by atoms with Gasteiger partial charge in [0.25, 0.3) is 0 Å². The summed E-state index contributed by atoms with van der Waals surface area (Å²) in [4.78, 5) is 27.9. The number of carboxylic acids is 1. The van der Waals surface area contributed by atoms with Crippen LogP contribution in [0.4, 0.5) is 13.2 Å². The van der Waals surface area contributed by atoms with Gasteiger partial charge in [0.15, 0.2) is 0 Å². The normalized spacial score (nSPS) is 20.3. The lowest BCUT2D eigenvalue weighted by Crippen LogP contribution is -2.44. The van der Waals surface area contributed by atoms with Crippen molar-refractivity contribution in [1.29, 1.82) is 0 Å². The number of carbonyl (C=O) groups is 1. The summed E-state index contributed by atoms with van der Waals surface area (Å²) in [7, 11) is 0. The quantitative estimate of drug-likeness (QED) is 0.883. The third kappa shape index (κ3) is 3.26. The lowest BCUT2D eigenvalue weighted by Gasteiger charge is -2.30. The Hall–Kier alpha value is -2.36. The SMILES string of the molecule is O=C(O)C1C(C(F)(F)F)CCc2nn(Cc3ccc(Cl)cn3)c(=O)n21. The van der Waals surface area contributed by atoms with Crippen molar-refractivity contribution in [3.8, 4) is 0 Å². The van der Waals surface area contributed by atoms with Crippen molar-refractivity contribution in [3.63, 3.8) is 0 Å². The number of aromatic nitrogens is 4. The number of hydrogen-bond donors (Lipinski definition) is 1. The van der Waals surface area contributed by atoms with E-state index in [9.17, 15) is 27.9 Å². The fraction of sp³-hybridized carbons (Fsp3) is 0.429. The van der Waals surface area contributed by atoms with Crippen LogP contribution in [0.2, 0.25) is 5.02 Å². The molecule has 2 unspecified atom stereocenters. The van der Waals surface area contributed by atoms with Gasteiger partial charge in [-0.05, 0) is 18.6 Å². The van der Waals surface area contributed by atoms with E-state index in [-0.39, 0.29) is 18.8 Å². The molecule has 1 N–H and O–H groups in total. The zero-order valence-electron chi connectivity index (χ0n) is 12.6. The molecule has 2 aromatic rings. The molecule has 0 aromatic carbocycles. The number of alkyl halides is 3. The first-order chi connectivity index (χ1) is 11.7. The highest BCUT2D eigenvalue weighted by Crippen LogP contribution is 2.40. The highest BCUT2D eigenvalue weighted by Gasteiger charge is 2.51. The minimum absolute atomic E-state index is 0.0202. The van der Waals surface area contributed by atoms with Crippen molar-refractivity contribution < 1.29 is 23.1 Å². The number of fused-ring (bicyclic) bond motifs is 1. The smallest absolute Gasteiger partial charge is 0.394 e. The molecule has 0 spiro atoms. The largest absolute Gasteiger partial charge is 0.480 e. The molecule has 0 amide bonds. The van der Waals surface area contributed by atoms with Gasteiger partial charge in [0.05, 0.1) is 23.2 Å². The fourth-order valence-electron chi connectivity index (χ4n) is 2.92. The van der Waals surface area contributed by atoms with Gasteiger partial charge in [-0.1, -0.05) is 11.6 Å². The number of halogens is 4. The van der Waals surface area contributed by atoms with Crippen LogP contribution < -0.4 is 5.69 Å². The summed E-state index contributed by atoms with van der Waals surface area (Å²) >= 11 is 5.72. The number of hydrogen-bond acceptors (Lipinski definition) is 4. The number of aliphatic carboxylic acids is 1. The van der Waals surface area contributed by atoms with E-state index in [0.717, 1.165) is 4.68 Å². The van der Waals surface area contributed by atoms with Crippen LogP contribution in [0.15, 0.2) is 23.1 Å². The van der Waals surface area contributed by atoms with Gasteiger partial charge in [-0.15, -0.1) is 0 Å². The van der Waals surface area contributed by atoms with Gasteiger partial charge in [0, 0.05) is 12.6 Å². The summed E-state index contributed by atoms with van der Waals surface area (Å²) in [5, 5.41) is 13.6. The number of pyridine rings is 1. The van der Waals surface area contributed by atoms with E-state index in [1.165, 1.54) is 6.20 Å². The number of carboxylic acid groups (broad SMARTS) is 1. The van der Waals surface area contributed by atoms with E-state index in [1.807, 2.05) is 0 Å². The first kappa shape index (κ1) is 17.5. The van der Waals surface area contributed by atoms with Crippen LogP contribution >= 0.6 is 11.6 Å². The molecule has 3 rings (SSSR count). The summed E-state index contributed by atoms with van der Waals surface area (Å²) < 4.78 is 41.0. The Morgan fingerprint density at radius 2 is 2.12 bits per heavy atom. The molecule has 25 heavy (non-hydrogen) atoms. The molecule has 0 fully saturated rings. The molecule has 3 heterocycles. The summed E-state index contributed by atoms with van der Waals surface area (Å²) in [6.07, 6.45) is -3.93. The average molecular weight is 377 g/mol.